The van der Waals surface area contributed by atoms with Crippen LogP contribution in [0.3, 0.4) is 0 Å². The van der Waals surface area contributed by atoms with Gasteiger partial charge < -0.3 is 14.5 Å². The average molecular weight is 351 g/mol. The second kappa shape index (κ2) is 7.14. The Labute approximate surface area is 144 Å². The van der Waals surface area contributed by atoms with Gasteiger partial charge in [-0.05, 0) is 36.5 Å². The fourth-order valence-electron chi connectivity index (χ4n) is 2.75. The normalized spacial score (nSPS) is 16.0. The maximum absolute atomic E-state index is 12.9. The van der Waals surface area contributed by atoms with E-state index in [4.69, 9.17) is 16.3 Å². The predicted molar refractivity (Wildman–Crippen MR) is 88.7 cm³/mol. The molecule has 0 bridgehead atoms. The first-order valence-corrected chi connectivity index (χ1v) is 8.06. The third-order valence-electron chi connectivity index (χ3n) is 4.10. The Morgan fingerprint density at radius 3 is 2.79 bits per heavy atom. The summed E-state index contributed by atoms with van der Waals surface area (Å²) in [5.74, 6) is 0.375. The molecule has 0 unspecified atom stereocenters. The number of rotatable bonds is 3. The molecule has 9 heteroatoms. The van der Waals surface area contributed by atoms with Crippen molar-refractivity contribution in [1.29, 1.82) is 0 Å². The van der Waals surface area contributed by atoms with Gasteiger partial charge in [0.25, 0.3) is 5.91 Å². The highest BCUT2D eigenvalue weighted by atomic mass is 35.5. The highest BCUT2D eigenvalue weighted by molar-refractivity contribution is 6.33. The Morgan fingerprint density at radius 1 is 1.25 bits per heavy atom. The van der Waals surface area contributed by atoms with Gasteiger partial charge in [0.05, 0.1) is 23.4 Å². The number of likely N-dealkylation sites (N-methyl/N-ethyl adjacent to an activating group) is 1. The highest BCUT2D eigenvalue weighted by Crippen LogP contribution is 2.30. The number of tetrazole rings is 1. The van der Waals surface area contributed by atoms with E-state index in [0.29, 0.717) is 28.6 Å². The summed E-state index contributed by atoms with van der Waals surface area (Å²) in [6.07, 6.45) is 2.38. The lowest BCUT2D eigenvalue weighted by Crippen LogP contribution is -2.34. The van der Waals surface area contributed by atoms with E-state index in [0.717, 1.165) is 26.1 Å². The molecule has 3 rings (SSSR count). The molecule has 8 nitrogen and oxygen atoms in total. The largest absolute Gasteiger partial charge is 0.496 e. The monoisotopic (exact) mass is 350 g/mol. The maximum atomic E-state index is 12.9. The molecule has 1 aliphatic heterocycles. The van der Waals surface area contributed by atoms with Gasteiger partial charge in [0.15, 0.2) is 0 Å². The number of hydrogen-bond acceptors (Lipinski definition) is 6. The van der Waals surface area contributed by atoms with Gasteiger partial charge in [-0.3, -0.25) is 4.79 Å². The molecule has 2 heterocycles. The van der Waals surface area contributed by atoms with Crippen molar-refractivity contribution in [3.63, 3.8) is 0 Å². The molecular weight excluding hydrogens is 332 g/mol. The lowest BCUT2D eigenvalue weighted by atomic mass is 10.1. The fourth-order valence-corrected chi connectivity index (χ4v) is 3.00. The van der Waals surface area contributed by atoms with Crippen LogP contribution in [0.2, 0.25) is 5.02 Å². The number of hydrogen-bond donors (Lipinski definition) is 0. The number of aromatic nitrogens is 4. The molecule has 0 N–H and O–H groups in total. The number of carbonyl (C=O) groups is 1. The molecule has 0 spiro atoms. The van der Waals surface area contributed by atoms with Crippen molar-refractivity contribution in [2.75, 3.05) is 40.3 Å². The average Bonchev–Trinajstić information content (AvgIpc) is 3.02. The summed E-state index contributed by atoms with van der Waals surface area (Å²) >= 11 is 6.34. The zero-order valence-electron chi connectivity index (χ0n) is 13.6. The molecule has 1 aromatic heterocycles. The zero-order chi connectivity index (χ0) is 17.1. The van der Waals surface area contributed by atoms with E-state index in [1.165, 1.54) is 18.1 Å². The molecular formula is C15H19ClN6O2. The minimum atomic E-state index is -0.0766. The van der Waals surface area contributed by atoms with Crippen molar-refractivity contribution in [1.82, 2.24) is 30.0 Å². The Kier molecular flexibility index (Phi) is 4.96. The van der Waals surface area contributed by atoms with Crippen LogP contribution in [0.15, 0.2) is 18.5 Å². The van der Waals surface area contributed by atoms with Crippen LogP contribution in [0.25, 0.3) is 5.69 Å². The highest BCUT2D eigenvalue weighted by Gasteiger charge is 2.23. The van der Waals surface area contributed by atoms with Crippen LogP contribution in [-0.4, -0.2) is 76.3 Å². The van der Waals surface area contributed by atoms with Gasteiger partial charge in [-0.2, -0.15) is 4.68 Å². The number of nitrogens with zero attached hydrogens (tertiary/aromatic N) is 6. The Balaban J connectivity index is 1.92. The lowest BCUT2D eigenvalue weighted by Gasteiger charge is -2.22. The molecule has 0 atom stereocenters. The van der Waals surface area contributed by atoms with Gasteiger partial charge in [0, 0.05) is 25.7 Å². The summed E-state index contributed by atoms with van der Waals surface area (Å²) in [5.41, 5.74) is 1.01. The van der Waals surface area contributed by atoms with Gasteiger partial charge >= 0.3 is 0 Å². The second-order valence-electron chi connectivity index (χ2n) is 5.71. The Bertz CT molecular complexity index is 721. The van der Waals surface area contributed by atoms with Crippen molar-refractivity contribution < 1.29 is 9.53 Å². The Hall–Kier alpha value is -2.19. The first-order valence-electron chi connectivity index (χ1n) is 7.69. The van der Waals surface area contributed by atoms with Gasteiger partial charge in [0.1, 0.15) is 12.1 Å². The minimum absolute atomic E-state index is 0.0766. The first-order chi connectivity index (χ1) is 11.6. The van der Waals surface area contributed by atoms with Crippen LogP contribution >= 0.6 is 11.6 Å². The summed E-state index contributed by atoms with van der Waals surface area (Å²) in [6.45, 7) is 3.24. The molecule has 1 aliphatic rings. The van der Waals surface area contributed by atoms with E-state index in [-0.39, 0.29) is 5.91 Å². The van der Waals surface area contributed by atoms with Crippen molar-refractivity contribution in [3.05, 3.63) is 29.0 Å². The third kappa shape index (κ3) is 3.34. The number of halogens is 1. The van der Waals surface area contributed by atoms with Crippen LogP contribution < -0.4 is 4.74 Å². The van der Waals surface area contributed by atoms with Crippen LogP contribution in [0.1, 0.15) is 16.8 Å². The molecule has 1 fully saturated rings. The summed E-state index contributed by atoms with van der Waals surface area (Å²) < 4.78 is 6.84. The number of ether oxygens (including phenoxy) is 1. The van der Waals surface area contributed by atoms with Crippen molar-refractivity contribution in [3.8, 4) is 11.4 Å². The lowest BCUT2D eigenvalue weighted by molar-refractivity contribution is 0.0759. The SMILES string of the molecule is COc1cc(-n2cnnn2)c(Cl)cc1C(=O)N1CCCN(C)CC1. The molecule has 0 aliphatic carbocycles. The zero-order valence-corrected chi connectivity index (χ0v) is 14.4. The molecule has 24 heavy (non-hydrogen) atoms. The number of carbonyl (C=O) groups excluding carboxylic acids is 1. The molecule has 1 aromatic carbocycles. The number of amides is 1. The standard InChI is InChI=1S/C15H19ClN6O2/c1-20-4-3-5-21(7-6-20)15(23)11-8-12(16)13(9-14(11)24-2)22-10-17-18-19-22/h8-10H,3-7H2,1-2H3. The molecule has 2 aromatic rings. The number of benzene rings is 1. The second-order valence-corrected chi connectivity index (χ2v) is 6.11. The van der Waals surface area contributed by atoms with E-state index >= 15 is 0 Å². The van der Waals surface area contributed by atoms with Crippen molar-refractivity contribution in [2.24, 2.45) is 0 Å². The first kappa shape index (κ1) is 16.7. The van der Waals surface area contributed by atoms with Crippen LogP contribution in [0.5, 0.6) is 5.75 Å². The van der Waals surface area contributed by atoms with Crippen LogP contribution in [-0.2, 0) is 0 Å². The minimum Gasteiger partial charge on any atom is -0.496 e. The van der Waals surface area contributed by atoms with Gasteiger partial charge in [-0.15, -0.1) is 5.10 Å². The van der Waals surface area contributed by atoms with Crippen molar-refractivity contribution >= 4 is 17.5 Å². The van der Waals surface area contributed by atoms with E-state index in [2.05, 4.69) is 27.5 Å². The molecule has 1 saturated heterocycles. The summed E-state index contributed by atoms with van der Waals surface area (Å²) in [5, 5.41) is 11.4. The summed E-state index contributed by atoms with van der Waals surface area (Å²) in [7, 11) is 3.59. The topological polar surface area (TPSA) is 76.4 Å². The van der Waals surface area contributed by atoms with E-state index < -0.39 is 0 Å². The quantitative estimate of drug-likeness (QED) is 0.825. The van der Waals surface area contributed by atoms with Gasteiger partial charge in [0.2, 0.25) is 0 Å². The third-order valence-corrected chi connectivity index (χ3v) is 4.40. The van der Waals surface area contributed by atoms with E-state index in [1.54, 1.807) is 12.1 Å². The van der Waals surface area contributed by atoms with Crippen LogP contribution in [0.4, 0.5) is 0 Å². The molecule has 128 valence electrons. The van der Waals surface area contributed by atoms with Crippen LogP contribution in [0, 0.1) is 0 Å². The summed E-state index contributed by atoms with van der Waals surface area (Å²) in [6, 6.07) is 3.30. The molecule has 1 amide bonds. The number of methoxy groups -OCH3 is 1. The smallest absolute Gasteiger partial charge is 0.257 e. The molecule has 0 radical (unpaired) electrons. The van der Waals surface area contributed by atoms with Gasteiger partial charge in [-0.25, -0.2) is 0 Å². The maximum Gasteiger partial charge on any atom is 0.257 e. The predicted octanol–water partition coefficient (Wildman–Crippen LogP) is 1.10. The van der Waals surface area contributed by atoms with E-state index in [1.807, 2.05) is 4.90 Å². The van der Waals surface area contributed by atoms with Crippen molar-refractivity contribution in [2.45, 2.75) is 6.42 Å². The Morgan fingerprint density at radius 2 is 2.08 bits per heavy atom. The van der Waals surface area contributed by atoms with Gasteiger partial charge in [-0.1, -0.05) is 11.6 Å². The molecule has 0 saturated carbocycles. The van der Waals surface area contributed by atoms with E-state index in [9.17, 15) is 4.79 Å². The fraction of sp³-hybridized carbons (Fsp3) is 0.467. The summed E-state index contributed by atoms with van der Waals surface area (Å²) in [4.78, 5) is 17.0.